The van der Waals surface area contributed by atoms with Gasteiger partial charge in [-0.05, 0) is 37.1 Å². The van der Waals surface area contributed by atoms with Crippen LogP contribution in [0.5, 0.6) is 0 Å². The Morgan fingerprint density at radius 2 is 2.11 bits per heavy atom. The van der Waals surface area contributed by atoms with Crippen LogP contribution < -0.4 is 0 Å². The summed E-state index contributed by atoms with van der Waals surface area (Å²) in [6.07, 6.45) is 0. The van der Waals surface area contributed by atoms with E-state index in [0.29, 0.717) is 0 Å². The lowest BCUT2D eigenvalue weighted by Gasteiger charge is -1.99. The minimum atomic E-state index is 1.05. The molecule has 1 aromatic carbocycles. The molecule has 1 radical (unpaired) electrons. The molecule has 0 heterocycles. The van der Waals surface area contributed by atoms with E-state index in [-0.39, 0.29) is 0 Å². The molecule has 1 aromatic rings. The lowest BCUT2D eigenvalue weighted by Crippen LogP contribution is -1.80. The van der Waals surface area contributed by atoms with Gasteiger partial charge in [-0.1, -0.05) is 6.07 Å². The molecule has 0 saturated heterocycles. The number of aryl methyl sites for hydroxylation is 1. The highest BCUT2D eigenvalue weighted by Gasteiger charge is 1.93. The van der Waals surface area contributed by atoms with Gasteiger partial charge < -0.3 is 0 Å². The van der Waals surface area contributed by atoms with Gasteiger partial charge in [0.25, 0.3) is 0 Å². The summed E-state index contributed by atoms with van der Waals surface area (Å²) in [5.41, 5.74) is 2.41. The molecule has 0 N–H and O–H groups in total. The van der Waals surface area contributed by atoms with Crippen molar-refractivity contribution in [2.45, 2.75) is 18.7 Å². The minimum Gasteiger partial charge on any atom is -0.143 e. The third kappa shape index (κ3) is 1.28. The molecule has 0 aliphatic heterocycles. The van der Waals surface area contributed by atoms with Crippen molar-refractivity contribution < 1.29 is 0 Å². The topological polar surface area (TPSA) is 0 Å². The predicted octanol–water partition coefficient (Wildman–Crippen LogP) is 2.39. The first-order valence-electron chi connectivity index (χ1n) is 2.88. The first-order chi connectivity index (χ1) is 4.22. The van der Waals surface area contributed by atoms with Crippen molar-refractivity contribution in [3.63, 3.8) is 0 Å². The summed E-state index contributed by atoms with van der Waals surface area (Å²) in [6, 6.07) is 6.93. The van der Waals surface area contributed by atoms with E-state index in [2.05, 4.69) is 18.7 Å². The summed E-state index contributed by atoms with van der Waals surface area (Å²) < 4.78 is 0. The smallest absolute Gasteiger partial charge is 0.00723 e. The van der Waals surface area contributed by atoms with E-state index in [1.807, 2.05) is 26.0 Å². The van der Waals surface area contributed by atoms with Crippen molar-refractivity contribution in [2.75, 3.05) is 0 Å². The van der Waals surface area contributed by atoms with Gasteiger partial charge in [0.2, 0.25) is 0 Å². The van der Waals surface area contributed by atoms with Crippen LogP contribution in [0.3, 0.4) is 0 Å². The van der Waals surface area contributed by atoms with E-state index in [1.165, 1.54) is 11.1 Å². The van der Waals surface area contributed by atoms with Gasteiger partial charge in [-0.25, -0.2) is 0 Å². The van der Waals surface area contributed by atoms with E-state index < -0.39 is 0 Å². The van der Waals surface area contributed by atoms with Crippen LogP contribution in [0.1, 0.15) is 11.1 Å². The normalized spacial score (nSPS) is 9.67. The van der Waals surface area contributed by atoms with Crippen LogP contribution in [0.4, 0.5) is 0 Å². The molecule has 1 heteroatoms. The molecule has 47 valence electrons. The van der Waals surface area contributed by atoms with Gasteiger partial charge in [-0.15, -0.1) is 12.6 Å². The van der Waals surface area contributed by atoms with E-state index >= 15 is 0 Å². The van der Waals surface area contributed by atoms with Crippen LogP contribution in [0.25, 0.3) is 0 Å². The molecule has 0 aromatic heterocycles. The van der Waals surface area contributed by atoms with Crippen molar-refractivity contribution in [1.29, 1.82) is 0 Å². The van der Waals surface area contributed by atoms with Crippen molar-refractivity contribution >= 4 is 12.6 Å². The predicted molar refractivity (Wildman–Crippen MR) is 42.0 cm³/mol. The molecule has 0 bridgehead atoms. The molecule has 0 amide bonds. The van der Waals surface area contributed by atoms with Crippen molar-refractivity contribution in [3.05, 3.63) is 29.3 Å². The summed E-state index contributed by atoms with van der Waals surface area (Å²) >= 11 is 4.25. The average molecular weight is 137 g/mol. The molecule has 1 rings (SSSR count). The lowest BCUT2D eigenvalue weighted by atomic mass is 10.1. The van der Waals surface area contributed by atoms with E-state index in [9.17, 15) is 0 Å². The van der Waals surface area contributed by atoms with Gasteiger partial charge in [-0.2, -0.15) is 0 Å². The van der Waals surface area contributed by atoms with E-state index in [0.717, 1.165) is 4.90 Å². The van der Waals surface area contributed by atoms with Crippen molar-refractivity contribution in [1.82, 2.24) is 0 Å². The summed E-state index contributed by atoms with van der Waals surface area (Å²) in [5, 5.41) is 0. The standard InChI is InChI=1S/C8H9S/c1-6-4-3-5-8(9)7(6)2/h3,5,9H,1-2H3. The molecule has 0 nitrogen and oxygen atoms in total. The van der Waals surface area contributed by atoms with Crippen LogP contribution >= 0.6 is 12.6 Å². The number of benzene rings is 1. The third-order valence-electron chi connectivity index (χ3n) is 1.49. The second kappa shape index (κ2) is 2.44. The number of hydrogen-bond acceptors (Lipinski definition) is 1. The Bertz CT molecular complexity index is 196. The summed E-state index contributed by atoms with van der Waals surface area (Å²) in [5.74, 6) is 0. The van der Waals surface area contributed by atoms with Crippen LogP contribution in [0.2, 0.25) is 0 Å². The van der Waals surface area contributed by atoms with Gasteiger partial charge in [0.1, 0.15) is 0 Å². The molecule has 0 atom stereocenters. The van der Waals surface area contributed by atoms with Gasteiger partial charge in [0, 0.05) is 4.90 Å². The minimum absolute atomic E-state index is 1.05. The largest absolute Gasteiger partial charge is 0.143 e. The van der Waals surface area contributed by atoms with Gasteiger partial charge in [-0.3, -0.25) is 0 Å². The zero-order valence-corrected chi connectivity index (χ0v) is 6.50. The Morgan fingerprint density at radius 1 is 1.44 bits per heavy atom. The first-order valence-corrected chi connectivity index (χ1v) is 3.33. The highest BCUT2D eigenvalue weighted by molar-refractivity contribution is 7.80. The second-order valence-corrected chi connectivity index (χ2v) is 2.59. The van der Waals surface area contributed by atoms with Crippen molar-refractivity contribution in [2.24, 2.45) is 0 Å². The Kier molecular flexibility index (Phi) is 1.81. The quantitative estimate of drug-likeness (QED) is 0.521. The average Bonchev–Trinajstić information content (AvgIpc) is 1.83. The summed E-state index contributed by atoms with van der Waals surface area (Å²) in [7, 11) is 0. The maximum absolute atomic E-state index is 4.25. The Balaban J connectivity index is 3.25. The fourth-order valence-corrected chi connectivity index (χ4v) is 0.913. The molecular formula is C8H9S. The van der Waals surface area contributed by atoms with E-state index in [4.69, 9.17) is 0 Å². The SMILES string of the molecule is Cc1[c]ccc(S)c1C. The maximum atomic E-state index is 4.25. The zero-order chi connectivity index (χ0) is 6.85. The first kappa shape index (κ1) is 6.69. The van der Waals surface area contributed by atoms with Crippen molar-refractivity contribution in [3.8, 4) is 0 Å². The fraction of sp³-hybridized carbons (Fsp3) is 0.250. The monoisotopic (exact) mass is 137 g/mol. The van der Waals surface area contributed by atoms with Gasteiger partial charge in [0.05, 0.1) is 0 Å². The summed E-state index contributed by atoms with van der Waals surface area (Å²) in [4.78, 5) is 1.05. The number of rotatable bonds is 0. The molecular weight excluding hydrogens is 128 g/mol. The summed E-state index contributed by atoms with van der Waals surface area (Å²) in [6.45, 7) is 4.09. The molecule has 0 unspecified atom stereocenters. The molecule has 0 spiro atoms. The second-order valence-electron chi connectivity index (χ2n) is 2.11. The van der Waals surface area contributed by atoms with Crippen LogP contribution in [-0.2, 0) is 0 Å². The Labute approximate surface area is 61.3 Å². The third-order valence-corrected chi connectivity index (χ3v) is 1.97. The Morgan fingerprint density at radius 3 is 2.56 bits per heavy atom. The molecule has 0 aliphatic carbocycles. The molecule has 0 saturated carbocycles. The fourth-order valence-electron chi connectivity index (χ4n) is 0.671. The van der Waals surface area contributed by atoms with Crippen LogP contribution in [0.15, 0.2) is 17.0 Å². The maximum Gasteiger partial charge on any atom is 0.00723 e. The lowest BCUT2D eigenvalue weighted by molar-refractivity contribution is 1.23. The van der Waals surface area contributed by atoms with Gasteiger partial charge in [0.15, 0.2) is 0 Å². The molecule has 0 aliphatic rings. The van der Waals surface area contributed by atoms with Crippen LogP contribution in [0, 0.1) is 19.9 Å². The molecule has 0 fully saturated rings. The number of thiol groups is 1. The Hall–Kier alpha value is -0.430. The van der Waals surface area contributed by atoms with E-state index in [1.54, 1.807) is 0 Å². The van der Waals surface area contributed by atoms with Gasteiger partial charge >= 0.3 is 0 Å². The molecule has 9 heavy (non-hydrogen) atoms. The highest BCUT2D eigenvalue weighted by atomic mass is 32.1. The zero-order valence-electron chi connectivity index (χ0n) is 5.60. The number of hydrogen-bond donors (Lipinski definition) is 1. The van der Waals surface area contributed by atoms with Crippen LogP contribution in [-0.4, -0.2) is 0 Å². The highest BCUT2D eigenvalue weighted by Crippen LogP contribution is 2.14.